The van der Waals surface area contributed by atoms with Gasteiger partial charge in [-0.05, 0) is 0 Å². The molecule has 2 N–H and O–H groups in total. The van der Waals surface area contributed by atoms with Crippen LogP contribution in [0.2, 0.25) is 0 Å². The molecular formula is C17H21FN4O8. The summed E-state index contributed by atoms with van der Waals surface area (Å²) in [7, 11) is 0. The lowest BCUT2D eigenvalue weighted by Crippen LogP contribution is -2.46. The number of halogens is 1. The summed E-state index contributed by atoms with van der Waals surface area (Å²) in [6.07, 6.45) is -3.52. The lowest BCUT2D eigenvalue weighted by atomic mass is 10.1. The number of carbonyl (C=O) groups excluding carboxylic acids is 4. The molecule has 0 aromatic carbocycles. The monoisotopic (exact) mass is 428 g/mol. The van der Waals surface area contributed by atoms with Gasteiger partial charge in [-0.15, -0.1) is 0 Å². The number of hydrogen-bond acceptors (Lipinski definition) is 10. The fraction of sp³-hybridized carbons (Fsp3) is 0.529. The number of carbonyl (C=O) groups is 4. The third-order valence-electron chi connectivity index (χ3n) is 4.28. The Balaban J connectivity index is 2.69. The molecule has 1 aromatic rings. The number of nitrogen functional groups attached to an aromatic ring is 1. The summed E-state index contributed by atoms with van der Waals surface area (Å²) < 4.78 is 30.2. The van der Waals surface area contributed by atoms with Crippen molar-refractivity contribution in [2.75, 3.05) is 12.3 Å². The minimum Gasteiger partial charge on any atom is -0.464 e. The zero-order valence-corrected chi connectivity index (χ0v) is 16.7. The second kappa shape index (κ2) is 8.88. The Labute approximate surface area is 169 Å². The lowest BCUT2D eigenvalue weighted by molar-refractivity contribution is -0.166. The maximum absolute atomic E-state index is 14.1. The highest BCUT2D eigenvalue weighted by atomic mass is 19.1. The van der Waals surface area contributed by atoms with Crippen LogP contribution < -0.4 is 11.4 Å². The van der Waals surface area contributed by atoms with E-state index in [4.69, 9.17) is 19.9 Å². The van der Waals surface area contributed by atoms with Gasteiger partial charge in [0.1, 0.15) is 12.6 Å². The standard InChI is InChI=1S/C17H21FN4O8/c1-7(23)22-12(6-28-8(2)24)13(29-9(3)25)14(30-10(4)26)16(22)21-5-11(18)15(19)20-17(21)27/h5,12-14,16H,6H2,1-4H3,(H2,19,20,27)/t12-,13-,14-,16+/m1/s1. The van der Waals surface area contributed by atoms with Gasteiger partial charge in [0, 0.05) is 27.7 Å². The van der Waals surface area contributed by atoms with E-state index in [1.807, 2.05) is 0 Å². The van der Waals surface area contributed by atoms with E-state index in [1.54, 1.807) is 0 Å². The van der Waals surface area contributed by atoms with Crippen molar-refractivity contribution >= 4 is 29.6 Å². The summed E-state index contributed by atoms with van der Waals surface area (Å²) in [5, 5.41) is 0. The van der Waals surface area contributed by atoms with Crippen LogP contribution in [-0.2, 0) is 33.4 Å². The molecular weight excluding hydrogens is 407 g/mol. The Bertz CT molecular complexity index is 933. The molecule has 1 amide bonds. The summed E-state index contributed by atoms with van der Waals surface area (Å²) in [6.45, 7) is 3.94. The van der Waals surface area contributed by atoms with Crippen LogP contribution in [0.1, 0.15) is 33.9 Å². The Morgan fingerprint density at radius 3 is 2.13 bits per heavy atom. The van der Waals surface area contributed by atoms with Crippen molar-refractivity contribution in [3.05, 3.63) is 22.5 Å². The summed E-state index contributed by atoms with van der Waals surface area (Å²) in [5.41, 5.74) is 4.26. The molecule has 0 bridgehead atoms. The fourth-order valence-electron chi connectivity index (χ4n) is 3.30. The molecule has 4 atom stereocenters. The molecule has 2 rings (SSSR count). The summed E-state index contributed by atoms with van der Waals surface area (Å²) >= 11 is 0. The average Bonchev–Trinajstić information content (AvgIpc) is 2.88. The van der Waals surface area contributed by atoms with Gasteiger partial charge in [0.05, 0.1) is 6.20 Å². The Morgan fingerprint density at radius 2 is 1.63 bits per heavy atom. The minimum atomic E-state index is -1.45. The molecule has 1 aromatic heterocycles. The van der Waals surface area contributed by atoms with Crippen LogP contribution in [-0.4, -0.2) is 63.1 Å². The molecule has 13 heteroatoms. The fourth-order valence-corrected chi connectivity index (χ4v) is 3.30. The number of nitrogens with zero attached hydrogens (tertiary/aromatic N) is 3. The van der Waals surface area contributed by atoms with Gasteiger partial charge in [0.25, 0.3) is 0 Å². The van der Waals surface area contributed by atoms with E-state index in [0.717, 1.165) is 32.6 Å². The maximum Gasteiger partial charge on any atom is 0.351 e. The van der Waals surface area contributed by atoms with Crippen molar-refractivity contribution in [3.8, 4) is 0 Å². The molecule has 0 spiro atoms. The molecule has 1 fully saturated rings. The van der Waals surface area contributed by atoms with Crippen LogP contribution in [0.3, 0.4) is 0 Å². The zero-order valence-electron chi connectivity index (χ0n) is 16.7. The molecule has 1 aliphatic rings. The minimum absolute atomic E-state index is 0.444. The van der Waals surface area contributed by atoms with Crippen molar-refractivity contribution < 1.29 is 37.8 Å². The van der Waals surface area contributed by atoms with E-state index < -0.39 is 72.2 Å². The molecule has 0 radical (unpaired) electrons. The van der Waals surface area contributed by atoms with E-state index in [2.05, 4.69) is 4.98 Å². The van der Waals surface area contributed by atoms with Crippen molar-refractivity contribution in [1.82, 2.24) is 14.5 Å². The van der Waals surface area contributed by atoms with E-state index in [9.17, 15) is 28.4 Å². The second-order valence-corrected chi connectivity index (χ2v) is 6.52. The Morgan fingerprint density at radius 1 is 1.07 bits per heavy atom. The topological polar surface area (TPSA) is 160 Å². The Hall–Kier alpha value is -3.51. The first-order valence-corrected chi connectivity index (χ1v) is 8.74. The predicted octanol–water partition coefficient (Wildman–Crippen LogP) is -0.880. The van der Waals surface area contributed by atoms with Crippen molar-refractivity contribution in [2.45, 2.75) is 52.1 Å². The van der Waals surface area contributed by atoms with E-state index in [-0.39, 0.29) is 0 Å². The predicted molar refractivity (Wildman–Crippen MR) is 96.0 cm³/mol. The number of anilines is 1. The van der Waals surface area contributed by atoms with Crippen LogP contribution in [0, 0.1) is 5.82 Å². The number of amides is 1. The largest absolute Gasteiger partial charge is 0.464 e. The zero-order chi connectivity index (χ0) is 22.7. The number of aromatic nitrogens is 2. The molecule has 0 saturated carbocycles. The summed E-state index contributed by atoms with van der Waals surface area (Å²) in [4.78, 5) is 63.9. The van der Waals surface area contributed by atoms with Gasteiger partial charge in [-0.2, -0.15) is 4.98 Å². The lowest BCUT2D eigenvalue weighted by Gasteiger charge is -2.30. The molecule has 30 heavy (non-hydrogen) atoms. The first kappa shape index (κ1) is 22.8. The molecule has 0 aliphatic carbocycles. The second-order valence-electron chi connectivity index (χ2n) is 6.52. The van der Waals surface area contributed by atoms with E-state index >= 15 is 0 Å². The van der Waals surface area contributed by atoms with Gasteiger partial charge in [-0.1, -0.05) is 0 Å². The first-order valence-electron chi connectivity index (χ1n) is 8.74. The van der Waals surface area contributed by atoms with Crippen LogP contribution in [0.15, 0.2) is 11.0 Å². The number of ether oxygens (including phenoxy) is 3. The van der Waals surface area contributed by atoms with E-state index in [1.165, 1.54) is 0 Å². The number of rotatable bonds is 5. The van der Waals surface area contributed by atoms with Gasteiger partial charge >= 0.3 is 23.6 Å². The van der Waals surface area contributed by atoms with E-state index in [0.29, 0.717) is 10.8 Å². The van der Waals surface area contributed by atoms with Gasteiger partial charge in [-0.3, -0.25) is 23.7 Å². The SMILES string of the molecule is CC(=O)OC[C@@H]1[C@@H](OC(C)=O)[C@@H](OC(C)=O)[C@@H](n2cc(F)c(N)nc2=O)N1C(C)=O. The normalized spacial score (nSPS) is 23.0. The third kappa shape index (κ3) is 4.72. The highest BCUT2D eigenvalue weighted by Crippen LogP contribution is 2.37. The number of nitrogens with two attached hydrogens (primary N) is 1. The van der Waals surface area contributed by atoms with Crippen molar-refractivity contribution in [1.29, 1.82) is 0 Å². The average molecular weight is 428 g/mol. The van der Waals surface area contributed by atoms with Crippen LogP contribution in [0.25, 0.3) is 0 Å². The molecule has 2 heterocycles. The molecule has 12 nitrogen and oxygen atoms in total. The molecule has 164 valence electrons. The molecule has 0 unspecified atom stereocenters. The molecule has 1 saturated heterocycles. The molecule has 1 aliphatic heterocycles. The first-order chi connectivity index (χ1) is 13.9. The van der Waals surface area contributed by atoms with Crippen molar-refractivity contribution in [3.63, 3.8) is 0 Å². The number of likely N-dealkylation sites (tertiary alicyclic amines) is 1. The van der Waals surface area contributed by atoms with Gasteiger partial charge in [0.15, 0.2) is 30.0 Å². The van der Waals surface area contributed by atoms with Crippen LogP contribution >= 0.6 is 0 Å². The third-order valence-corrected chi connectivity index (χ3v) is 4.28. The van der Waals surface area contributed by atoms with Gasteiger partial charge in [0.2, 0.25) is 5.91 Å². The highest BCUT2D eigenvalue weighted by Gasteiger charge is 2.56. The smallest absolute Gasteiger partial charge is 0.351 e. The number of esters is 3. The maximum atomic E-state index is 14.1. The van der Waals surface area contributed by atoms with Gasteiger partial charge in [-0.25, -0.2) is 9.18 Å². The van der Waals surface area contributed by atoms with Crippen molar-refractivity contribution in [2.24, 2.45) is 0 Å². The number of hydrogen-bond donors (Lipinski definition) is 1. The van der Waals surface area contributed by atoms with Crippen LogP contribution in [0.5, 0.6) is 0 Å². The van der Waals surface area contributed by atoms with Gasteiger partial charge < -0.3 is 24.8 Å². The summed E-state index contributed by atoms with van der Waals surface area (Å²) in [5.74, 6) is -4.69. The quantitative estimate of drug-likeness (QED) is 0.461. The van der Waals surface area contributed by atoms with Crippen LogP contribution in [0.4, 0.5) is 10.2 Å². The summed E-state index contributed by atoms with van der Waals surface area (Å²) in [6, 6.07) is -1.14. The Kier molecular flexibility index (Phi) is 6.74. The highest BCUT2D eigenvalue weighted by molar-refractivity contribution is 5.75.